The summed E-state index contributed by atoms with van der Waals surface area (Å²) in [5.74, 6) is 0.619. The first kappa shape index (κ1) is 9.19. The second-order valence-electron chi connectivity index (χ2n) is 3.47. The number of aryl methyl sites for hydroxylation is 1. The van der Waals surface area contributed by atoms with Crippen LogP contribution in [-0.4, -0.2) is 18.9 Å². The first-order valence-electron chi connectivity index (χ1n) is 4.82. The van der Waals surface area contributed by atoms with Gasteiger partial charge in [-0.1, -0.05) is 6.07 Å². The van der Waals surface area contributed by atoms with Crippen molar-refractivity contribution < 1.29 is 4.39 Å². The largest absolute Gasteiger partial charge is 0.370 e. The number of halogens is 1. The van der Waals surface area contributed by atoms with E-state index >= 15 is 0 Å². The molecule has 0 spiro atoms. The molecule has 1 aromatic rings. The molecule has 14 heavy (non-hydrogen) atoms. The zero-order valence-corrected chi connectivity index (χ0v) is 8.18. The van der Waals surface area contributed by atoms with Crippen molar-refractivity contribution in [2.75, 3.05) is 13.1 Å². The van der Waals surface area contributed by atoms with Gasteiger partial charge in [-0.25, -0.2) is 4.39 Å². The van der Waals surface area contributed by atoms with Crippen LogP contribution < -0.4 is 5.32 Å². The van der Waals surface area contributed by atoms with Crippen molar-refractivity contribution in [1.82, 2.24) is 5.32 Å². The molecule has 0 unspecified atom stereocenters. The van der Waals surface area contributed by atoms with Crippen molar-refractivity contribution in [3.8, 4) is 0 Å². The van der Waals surface area contributed by atoms with E-state index in [9.17, 15) is 4.39 Å². The molecule has 0 saturated heterocycles. The number of amidine groups is 1. The first-order chi connectivity index (χ1) is 6.77. The zero-order chi connectivity index (χ0) is 9.97. The molecule has 1 aliphatic rings. The molecule has 0 aromatic heterocycles. The fourth-order valence-electron chi connectivity index (χ4n) is 1.56. The van der Waals surface area contributed by atoms with Gasteiger partial charge < -0.3 is 5.32 Å². The predicted octanol–water partition coefficient (Wildman–Crippen LogP) is 1.87. The van der Waals surface area contributed by atoms with Gasteiger partial charge in [0.25, 0.3) is 0 Å². The number of hydrogen-bond acceptors (Lipinski definition) is 2. The molecule has 3 heteroatoms. The molecule has 0 amide bonds. The normalized spacial score (nSPS) is 16.0. The summed E-state index contributed by atoms with van der Waals surface area (Å²) >= 11 is 0. The molecule has 1 heterocycles. The molecule has 0 saturated carbocycles. The van der Waals surface area contributed by atoms with Crippen LogP contribution in [0.15, 0.2) is 23.2 Å². The standard InChI is InChI=1S/C11H13FN2/c1-8-3-4-9(12)7-10(8)11-13-5-2-6-14-11/h3-4,7H,2,5-6H2,1H3,(H,13,14). The minimum atomic E-state index is -0.208. The molecule has 0 bridgehead atoms. The zero-order valence-electron chi connectivity index (χ0n) is 8.18. The van der Waals surface area contributed by atoms with Crippen LogP contribution in [0, 0.1) is 12.7 Å². The molecule has 2 nitrogen and oxygen atoms in total. The number of nitrogens with zero attached hydrogens (tertiary/aromatic N) is 1. The van der Waals surface area contributed by atoms with Gasteiger partial charge in [0.2, 0.25) is 0 Å². The maximum absolute atomic E-state index is 13.0. The molecule has 0 aliphatic carbocycles. The van der Waals surface area contributed by atoms with Gasteiger partial charge in [-0.3, -0.25) is 4.99 Å². The summed E-state index contributed by atoms with van der Waals surface area (Å²) in [6.07, 6.45) is 1.05. The lowest BCUT2D eigenvalue weighted by Crippen LogP contribution is -2.30. The van der Waals surface area contributed by atoms with Crippen LogP contribution in [0.25, 0.3) is 0 Å². The van der Waals surface area contributed by atoms with Crippen molar-refractivity contribution in [2.45, 2.75) is 13.3 Å². The van der Waals surface area contributed by atoms with E-state index in [-0.39, 0.29) is 5.82 Å². The third-order valence-corrected chi connectivity index (χ3v) is 2.35. The maximum Gasteiger partial charge on any atom is 0.128 e. The lowest BCUT2D eigenvalue weighted by molar-refractivity contribution is 0.626. The van der Waals surface area contributed by atoms with E-state index in [2.05, 4.69) is 10.3 Å². The van der Waals surface area contributed by atoms with Gasteiger partial charge in [-0.05, 0) is 31.0 Å². The van der Waals surface area contributed by atoms with Crippen LogP contribution in [0.2, 0.25) is 0 Å². The van der Waals surface area contributed by atoms with E-state index in [1.165, 1.54) is 12.1 Å². The number of nitrogens with one attached hydrogen (secondary N) is 1. The maximum atomic E-state index is 13.0. The van der Waals surface area contributed by atoms with Gasteiger partial charge in [0.1, 0.15) is 11.7 Å². The average Bonchev–Trinajstić information content (AvgIpc) is 2.23. The van der Waals surface area contributed by atoms with Crippen molar-refractivity contribution >= 4 is 5.84 Å². The summed E-state index contributed by atoms with van der Waals surface area (Å²) < 4.78 is 13.0. The highest BCUT2D eigenvalue weighted by Crippen LogP contribution is 2.11. The van der Waals surface area contributed by atoms with Crippen LogP contribution in [0.5, 0.6) is 0 Å². The molecular formula is C11H13FN2. The Morgan fingerprint density at radius 3 is 3.00 bits per heavy atom. The summed E-state index contributed by atoms with van der Waals surface area (Å²) in [4.78, 5) is 4.34. The summed E-state index contributed by atoms with van der Waals surface area (Å²) in [5, 5.41) is 3.19. The number of aliphatic imine (C=N–C) groups is 1. The van der Waals surface area contributed by atoms with Crippen LogP contribution in [0.4, 0.5) is 4.39 Å². The summed E-state index contributed by atoms with van der Waals surface area (Å²) in [7, 11) is 0. The Hall–Kier alpha value is -1.38. The summed E-state index contributed by atoms with van der Waals surface area (Å²) in [6.45, 7) is 3.72. The summed E-state index contributed by atoms with van der Waals surface area (Å²) in [6, 6.07) is 4.79. The molecule has 2 rings (SSSR count). The monoisotopic (exact) mass is 192 g/mol. The SMILES string of the molecule is Cc1ccc(F)cc1C1=NCCCN1. The number of benzene rings is 1. The Morgan fingerprint density at radius 2 is 2.29 bits per heavy atom. The predicted molar refractivity (Wildman–Crippen MR) is 55.2 cm³/mol. The Kier molecular flexibility index (Phi) is 2.48. The van der Waals surface area contributed by atoms with E-state index in [1.807, 2.05) is 6.92 Å². The lowest BCUT2D eigenvalue weighted by atomic mass is 10.1. The van der Waals surface area contributed by atoms with Crippen molar-refractivity contribution in [1.29, 1.82) is 0 Å². The van der Waals surface area contributed by atoms with Gasteiger partial charge >= 0.3 is 0 Å². The third kappa shape index (κ3) is 1.76. The van der Waals surface area contributed by atoms with Crippen molar-refractivity contribution in [3.05, 3.63) is 35.1 Å². The lowest BCUT2D eigenvalue weighted by Gasteiger charge is -2.16. The quantitative estimate of drug-likeness (QED) is 0.721. The van der Waals surface area contributed by atoms with E-state index < -0.39 is 0 Å². The Bertz CT molecular complexity index is 372. The van der Waals surface area contributed by atoms with Crippen molar-refractivity contribution in [3.63, 3.8) is 0 Å². The first-order valence-corrected chi connectivity index (χ1v) is 4.82. The smallest absolute Gasteiger partial charge is 0.128 e. The second-order valence-corrected chi connectivity index (χ2v) is 3.47. The number of hydrogen-bond donors (Lipinski definition) is 1. The van der Waals surface area contributed by atoms with Gasteiger partial charge in [-0.2, -0.15) is 0 Å². The Balaban J connectivity index is 2.39. The fourth-order valence-corrected chi connectivity index (χ4v) is 1.56. The Morgan fingerprint density at radius 1 is 1.43 bits per heavy atom. The van der Waals surface area contributed by atoms with Gasteiger partial charge in [0, 0.05) is 18.7 Å². The van der Waals surface area contributed by atoms with Gasteiger partial charge in [0.15, 0.2) is 0 Å². The van der Waals surface area contributed by atoms with E-state index in [0.29, 0.717) is 0 Å². The van der Waals surface area contributed by atoms with Crippen LogP contribution in [-0.2, 0) is 0 Å². The average molecular weight is 192 g/mol. The van der Waals surface area contributed by atoms with Crippen molar-refractivity contribution in [2.24, 2.45) is 4.99 Å². The van der Waals surface area contributed by atoms with Crippen LogP contribution >= 0.6 is 0 Å². The third-order valence-electron chi connectivity index (χ3n) is 2.35. The number of rotatable bonds is 1. The molecule has 0 atom stereocenters. The summed E-state index contributed by atoms with van der Waals surface area (Å²) in [5.41, 5.74) is 1.93. The van der Waals surface area contributed by atoms with E-state index in [4.69, 9.17) is 0 Å². The molecule has 1 N–H and O–H groups in total. The Labute approximate surface area is 82.9 Å². The van der Waals surface area contributed by atoms with E-state index in [1.54, 1.807) is 6.07 Å². The minimum absolute atomic E-state index is 0.208. The topological polar surface area (TPSA) is 24.4 Å². The highest BCUT2D eigenvalue weighted by atomic mass is 19.1. The van der Waals surface area contributed by atoms with Gasteiger partial charge in [0.05, 0.1) is 0 Å². The molecule has 74 valence electrons. The van der Waals surface area contributed by atoms with Crippen LogP contribution in [0.3, 0.4) is 0 Å². The molecular weight excluding hydrogens is 179 g/mol. The molecule has 1 aromatic carbocycles. The second kappa shape index (κ2) is 3.78. The van der Waals surface area contributed by atoms with Crippen LogP contribution in [0.1, 0.15) is 17.5 Å². The molecule has 0 radical (unpaired) electrons. The molecule has 0 fully saturated rings. The van der Waals surface area contributed by atoms with E-state index in [0.717, 1.165) is 36.5 Å². The highest BCUT2D eigenvalue weighted by Gasteiger charge is 2.09. The highest BCUT2D eigenvalue weighted by molar-refractivity contribution is 6.00. The van der Waals surface area contributed by atoms with Gasteiger partial charge in [-0.15, -0.1) is 0 Å². The minimum Gasteiger partial charge on any atom is -0.370 e. The molecule has 1 aliphatic heterocycles. The fraction of sp³-hybridized carbons (Fsp3) is 0.364.